The van der Waals surface area contributed by atoms with Crippen LogP contribution >= 0.6 is 0 Å². The summed E-state index contributed by atoms with van der Waals surface area (Å²) in [5.74, 6) is 0. The van der Waals surface area contributed by atoms with Crippen molar-refractivity contribution in [3.8, 4) is 0 Å². The molecule has 1 aromatic rings. The van der Waals surface area contributed by atoms with Gasteiger partial charge in [-0.1, -0.05) is 6.42 Å². The number of likely N-dealkylation sites (tertiary alicyclic amines) is 1. The number of rotatable bonds is 3. The average molecular weight is 235 g/mol. The maximum atomic E-state index is 12.0. The molecule has 94 valence electrons. The van der Waals surface area contributed by atoms with Crippen molar-refractivity contribution in [2.75, 3.05) is 19.6 Å². The molecule has 0 N–H and O–H groups in total. The lowest BCUT2D eigenvalue weighted by Crippen LogP contribution is -2.35. The Morgan fingerprint density at radius 2 is 1.88 bits per heavy atom. The molecule has 0 aromatic carbocycles. The van der Waals surface area contributed by atoms with Crippen LogP contribution < -0.4 is 5.56 Å². The number of aromatic nitrogens is 2. The molecule has 1 aliphatic rings. The summed E-state index contributed by atoms with van der Waals surface area (Å²) in [4.78, 5) is 18.7. The molecule has 1 aromatic heterocycles. The Bertz CT molecular complexity index is 433. The SMILES string of the molecule is Cc1ncn(CCN2CCCCC2)c(=O)c1C. The largest absolute Gasteiger partial charge is 0.302 e. The third kappa shape index (κ3) is 2.94. The van der Waals surface area contributed by atoms with E-state index in [1.54, 1.807) is 10.9 Å². The lowest BCUT2D eigenvalue weighted by atomic mass is 10.1. The summed E-state index contributed by atoms with van der Waals surface area (Å²) >= 11 is 0. The van der Waals surface area contributed by atoms with E-state index in [9.17, 15) is 4.79 Å². The van der Waals surface area contributed by atoms with Gasteiger partial charge < -0.3 is 4.90 Å². The molecule has 0 radical (unpaired) electrons. The molecule has 2 heterocycles. The fraction of sp³-hybridized carbons (Fsp3) is 0.692. The summed E-state index contributed by atoms with van der Waals surface area (Å²) in [5, 5.41) is 0. The van der Waals surface area contributed by atoms with Gasteiger partial charge >= 0.3 is 0 Å². The summed E-state index contributed by atoms with van der Waals surface area (Å²) in [5.41, 5.74) is 1.71. The molecular weight excluding hydrogens is 214 g/mol. The Balaban J connectivity index is 1.99. The van der Waals surface area contributed by atoms with Crippen LogP contribution in [0, 0.1) is 13.8 Å². The molecule has 0 amide bonds. The highest BCUT2D eigenvalue weighted by Gasteiger charge is 2.10. The zero-order valence-electron chi connectivity index (χ0n) is 10.8. The first-order valence-electron chi connectivity index (χ1n) is 6.43. The molecule has 0 bridgehead atoms. The van der Waals surface area contributed by atoms with Crippen molar-refractivity contribution in [3.63, 3.8) is 0 Å². The summed E-state index contributed by atoms with van der Waals surface area (Å²) < 4.78 is 1.73. The minimum Gasteiger partial charge on any atom is -0.302 e. The van der Waals surface area contributed by atoms with E-state index in [-0.39, 0.29) is 5.56 Å². The lowest BCUT2D eigenvalue weighted by molar-refractivity contribution is 0.219. The predicted octanol–water partition coefficient (Wildman–Crippen LogP) is 1.35. The van der Waals surface area contributed by atoms with Crippen molar-refractivity contribution in [1.29, 1.82) is 0 Å². The fourth-order valence-corrected chi connectivity index (χ4v) is 2.27. The highest BCUT2D eigenvalue weighted by molar-refractivity contribution is 5.12. The summed E-state index contributed by atoms with van der Waals surface area (Å²) in [6.45, 7) is 7.80. The smallest absolute Gasteiger partial charge is 0.256 e. The first kappa shape index (κ1) is 12.3. The van der Waals surface area contributed by atoms with E-state index in [2.05, 4.69) is 9.88 Å². The van der Waals surface area contributed by atoms with Crippen LogP contribution in [-0.4, -0.2) is 34.1 Å². The second-order valence-corrected chi connectivity index (χ2v) is 4.86. The van der Waals surface area contributed by atoms with Crippen molar-refractivity contribution in [1.82, 2.24) is 14.5 Å². The van der Waals surface area contributed by atoms with Gasteiger partial charge in [0.05, 0.1) is 6.33 Å². The summed E-state index contributed by atoms with van der Waals surface area (Å²) in [6.07, 6.45) is 5.61. The Morgan fingerprint density at radius 3 is 2.59 bits per heavy atom. The van der Waals surface area contributed by atoms with Crippen LogP contribution in [0.25, 0.3) is 0 Å². The van der Waals surface area contributed by atoms with Crippen molar-refractivity contribution in [2.45, 2.75) is 39.7 Å². The zero-order chi connectivity index (χ0) is 12.3. The second-order valence-electron chi connectivity index (χ2n) is 4.86. The molecule has 1 aliphatic heterocycles. The van der Waals surface area contributed by atoms with Crippen LogP contribution in [0.2, 0.25) is 0 Å². The van der Waals surface area contributed by atoms with Gasteiger partial charge in [-0.25, -0.2) is 4.98 Å². The van der Waals surface area contributed by atoms with Gasteiger partial charge in [-0.15, -0.1) is 0 Å². The molecule has 1 saturated heterocycles. The normalized spacial score (nSPS) is 17.3. The minimum absolute atomic E-state index is 0.106. The molecular formula is C13H21N3O. The Morgan fingerprint density at radius 1 is 1.18 bits per heavy atom. The van der Waals surface area contributed by atoms with Crippen LogP contribution in [0.3, 0.4) is 0 Å². The highest BCUT2D eigenvalue weighted by atomic mass is 16.1. The van der Waals surface area contributed by atoms with Crippen LogP contribution in [0.15, 0.2) is 11.1 Å². The van der Waals surface area contributed by atoms with Gasteiger partial charge in [0.1, 0.15) is 0 Å². The maximum absolute atomic E-state index is 12.0. The van der Waals surface area contributed by atoms with Gasteiger partial charge in [-0.3, -0.25) is 9.36 Å². The lowest BCUT2D eigenvalue weighted by Gasteiger charge is -2.26. The van der Waals surface area contributed by atoms with E-state index in [1.807, 2.05) is 13.8 Å². The minimum atomic E-state index is 0.106. The number of piperidine rings is 1. The van der Waals surface area contributed by atoms with Crippen molar-refractivity contribution < 1.29 is 0 Å². The monoisotopic (exact) mass is 235 g/mol. The Kier molecular flexibility index (Phi) is 3.94. The summed E-state index contributed by atoms with van der Waals surface area (Å²) in [6, 6.07) is 0. The zero-order valence-corrected chi connectivity index (χ0v) is 10.8. The molecule has 1 fully saturated rings. The first-order valence-corrected chi connectivity index (χ1v) is 6.43. The fourth-order valence-electron chi connectivity index (χ4n) is 2.27. The van der Waals surface area contributed by atoms with Gasteiger partial charge in [0.15, 0.2) is 0 Å². The average Bonchev–Trinajstić information content (AvgIpc) is 2.36. The molecule has 17 heavy (non-hydrogen) atoms. The molecule has 0 spiro atoms. The number of hydrogen-bond acceptors (Lipinski definition) is 3. The van der Waals surface area contributed by atoms with Crippen LogP contribution in [0.1, 0.15) is 30.5 Å². The van der Waals surface area contributed by atoms with E-state index in [4.69, 9.17) is 0 Å². The van der Waals surface area contributed by atoms with E-state index < -0.39 is 0 Å². The van der Waals surface area contributed by atoms with Crippen LogP contribution in [-0.2, 0) is 6.54 Å². The molecule has 0 atom stereocenters. The van der Waals surface area contributed by atoms with E-state index >= 15 is 0 Å². The number of aryl methyl sites for hydroxylation is 1. The molecule has 0 aliphatic carbocycles. The topological polar surface area (TPSA) is 38.1 Å². The first-order chi connectivity index (χ1) is 8.18. The quantitative estimate of drug-likeness (QED) is 0.793. The molecule has 4 nitrogen and oxygen atoms in total. The third-order valence-corrected chi connectivity index (χ3v) is 3.62. The van der Waals surface area contributed by atoms with Crippen molar-refractivity contribution in [2.24, 2.45) is 0 Å². The summed E-state index contributed by atoms with van der Waals surface area (Å²) in [7, 11) is 0. The van der Waals surface area contributed by atoms with Gasteiger partial charge in [-0.2, -0.15) is 0 Å². The highest BCUT2D eigenvalue weighted by Crippen LogP contribution is 2.08. The van der Waals surface area contributed by atoms with Crippen LogP contribution in [0.4, 0.5) is 0 Å². The van der Waals surface area contributed by atoms with Gasteiger partial charge in [0, 0.05) is 24.3 Å². The number of hydrogen-bond donors (Lipinski definition) is 0. The standard InChI is InChI=1S/C13H21N3O/c1-11-12(2)14-10-16(13(11)17)9-8-15-6-4-3-5-7-15/h10H,3-9H2,1-2H3. The van der Waals surface area contributed by atoms with E-state index in [1.165, 1.54) is 32.4 Å². The second kappa shape index (κ2) is 5.45. The maximum Gasteiger partial charge on any atom is 0.256 e. The Hall–Kier alpha value is -1.16. The van der Waals surface area contributed by atoms with Gasteiger partial charge in [-0.05, 0) is 39.8 Å². The Labute approximate surface area is 102 Å². The predicted molar refractivity (Wildman–Crippen MR) is 68.3 cm³/mol. The molecule has 0 saturated carbocycles. The van der Waals surface area contributed by atoms with Crippen molar-refractivity contribution in [3.05, 3.63) is 27.9 Å². The van der Waals surface area contributed by atoms with Crippen molar-refractivity contribution >= 4 is 0 Å². The third-order valence-electron chi connectivity index (χ3n) is 3.62. The van der Waals surface area contributed by atoms with E-state index in [0.717, 1.165) is 24.3 Å². The van der Waals surface area contributed by atoms with Crippen LogP contribution in [0.5, 0.6) is 0 Å². The number of nitrogens with zero attached hydrogens (tertiary/aromatic N) is 3. The molecule has 0 unspecified atom stereocenters. The van der Waals surface area contributed by atoms with E-state index in [0.29, 0.717) is 0 Å². The van der Waals surface area contributed by atoms with Gasteiger partial charge in [0.2, 0.25) is 0 Å². The molecule has 2 rings (SSSR count). The van der Waals surface area contributed by atoms with Gasteiger partial charge in [0.25, 0.3) is 5.56 Å². The molecule has 4 heteroatoms.